The maximum Gasteiger partial charge on any atom is 0.155 e. The van der Waals surface area contributed by atoms with E-state index in [1.807, 2.05) is 54.0 Å². The minimum Gasteiger partial charge on any atom is -0.454 e. The SMILES string of the molecule is CN(CCC1(O)CCCC1)c1ccc2ncc(-c3cc4ccccc4o3)n2n1. The van der Waals surface area contributed by atoms with Crippen molar-refractivity contribution in [3.05, 3.63) is 48.7 Å². The van der Waals surface area contributed by atoms with E-state index in [9.17, 15) is 5.11 Å². The second-order valence-corrected chi connectivity index (χ2v) is 7.86. The van der Waals surface area contributed by atoms with E-state index in [0.29, 0.717) is 0 Å². The summed E-state index contributed by atoms with van der Waals surface area (Å²) < 4.78 is 7.83. The molecule has 5 rings (SSSR count). The van der Waals surface area contributed by atoms with Crippen molar-refractivity contribution in [3.8, 4) is 11.5 Å². The van der Waals surface area contributed by atoms with Gasteiger partial charge in [0.05, 0.1) is 11.8 Å². The van der Waals surface area contributed by atoms with Crippen molar-refractivity contribution < 1.29 is 9.52 Å². The van der Waals surface area contributed by atoms with Crippen LogP contribution in [0.2, 0.25) is 0 Å². The smallest absolute Gasteiger partial charge is 0.155 e. The van der Waals surface area contributed by atoms with Gasteiger partial charge in [0, 0.05) is 19.0 Å². The number of hydrogen-bond donors (Lipinski definition) is 1. The monoisotopic (exact) mass is 376 g/mol. The zero-order valence-corrected chi connectivity index (χ0v) is 16.0. The number of rotatable bonds is 5. The molecule has 0 amide bonds. The van der Waals surface area contributed by atoms with Gasteiger partial charge in [-0.1, -0.05) is 31.0 Å². The van der Waals surface area contributed by atoms with Gasteiger partial charge in [0.1, 0.15) is 17.1 Å². The number of benzene rings is 1. The Morgan fingerprint density at radius 2 is 2.00 bits per heavy atom. The maximum absolute atomic E-state index is 10.6. The first kappa shape index (κ1) is 17.3. The van der Waals surface area contributed by atoms with E-state index in [2.05, 4.69) is 9.88 Å². The topological polar surface area (TPSA) is 66.8 Å². The van der Waals surface area contributed by atoms with Gasteiger partial charge in [0.2, 0.25) is 0 Å². The van der Waals surface area contributed by atoms with E-state index in [0.717, 1.165) is 72.5 Å². The summed E-state index contributed by atoms with van der Waals surface area (Å²) in [5.74, 6) is 1.60. The largest absolute Gasteiger partial charge is 0.454 e. The zero-order valence-electron chi connectivity index (χ0n) is 16.0. The van der Waals surface area contributed by atoms with Crippen molar-refractivity contribution in [3.63, 3.8) is 0 Å². The van der Waals surface area contributed by atoms with Crippen LogP contribution in [0.3, 0.4) is 0 Å². The second kappa shape index (κ2) is 6.63. The summed E-state index contributed by atoms with van der Waals surface area (Å²) in [6.45, 7) is 0.768. The Kier molecular flexibility index (Phi) is 4.09. The van der Waals surface area contributed by atoms with E-state index < -0.39 is 5.60 Å². The van der Waals surface area contributed by atoms with Gasteiger partial charge in [-0.25, -0.2) is 9.50 Å². The van der Waals surface area contributed by atoms with Crippen molar-refractivity contribution in [2.75, 3.05) is 18.5 Å². The molecule has 1 aliphatic carbocycles. The first-order valence-electron chi connectivity index (χ1n) is 9.89. The van der Waals surface area contributed by atoms with Crippen molar-refractivity contribution in [2.24, 2.45) is 0 Å². The molecule has 0 saturated heterocycles. The molecule has 0 aliphatic heterocycles. The number of nitrogens with zero attached hydrogens (tertiary/aromatic N) is 4. The normalized spacial score (nSPS) is 16.2. The summed E-state index contributed by atoms with van der Waals surface area (Å²) in [4.78, 5) is 6.56. The van der Waals surface area contributed by atoms with Crippen LogP contribution in [-0.2, 0) is 0 Å². The van der Waals surface area contributed by atoms with Gasteiger partial charge in [0.25, 0.3) is 0 Å². The average molecular weight is 376 g/mol. The summed E-state index contributed by atoms with van der Waals surface area (Å²) in [6.07, 6.45) is 6.63. The number of hydrogen-bond acceptors (Lipinski definition) is 5. The van der Waals surface area contributed by atoms with Crippen molar-refractivity contribution in [1.82, 2.24) is 14.6 Å². The van der Waals surface area contributed by atoms with Crippen LogP contribution in [-0.4, -0.2) is 38.9 Å². The van der Waals surface area contributed by atoms with E-state index in [1.54, 1.807) is 6.20 Å². The number of aromatic nitrogens is 3. The lowest BCUT2D eigenvalue weighted by atomic mass is 9.98. The number of anilines is 1. The lowest BCUT2D eigenvalue weighted by Gasteiger charge is -2.26. The molecule has 3 heterocycles. The standard InChI is InChI=1S/C22H24N4O2/c1-25(13-12-22(27)10-4-5-11-22)21-9-8-20-23-15-17(26(20)24-21)19-14-16-6-2-3-7-18(16)28-19/h2-3,6-9,14-15,27H,4-5,10-13H2,1H3. The lowest BCUT2D eigenvalue weighted by Crippen LogP contribution is -2.31. The van der Waals surface area contributed by atoms with Crippen LogP contribution in [0, 0.1) is 0 Å². The van der Waals surface area contributed by atoms with Crippen LogP contribution in [0.15, 0.2) is 53.1 Å². The van der Waals surface area contributed by atoms with Crippen LogP contribution in [0.4, 0.5) is 5.82 Å². The Labute approximate surface area is 163 Å². The Bertz CT molecular complexity index is 1090. The molecule has 0 unspecified atom stereocenters. The molecule has 1 N–H and O–H groups in total. The molecular formula is C22H24N4O2. The summed E-state index contributed by atoms with van der Waals surface area (Å²) in [7, 11) is 2.02. The number of para-hydroxylation sites is 1. The fraction of sp³-hybridized carbons (Fsp3) is 0.364. The first-order valence-corrected chi connectivity index (χ1v) is 9.89. The predicted octanol–water partition coefficient (Wildman–Crippen LogP) is 4.27. The van der Waals surface area contributed by atoms with E-state index in [-0.39, 0.29) is 0 Å². The van der Waals surface area contributed by atoms with Gasteiger partial charge in [0.15, 0.2) is 11.4 Å². The van der Waals surface area contributed by atoms with E-state index in [1.165, 1.54) is 0 Å². The summed E-state index contributed by atoms with van der Waals surface area (Å²) in [5, 5.41) is 16.5. The molecule has 1 aromatic carbocycles. The van der Waals surface area contributed by atoms with Gasteiger partial charge in [-0.3, -0.25) is 0 Å². The molecule has 6 heteroatoms. The number of aliphatic hydroxyl groups is 1. The average Bonchev–Trinajstić information content (AvgIpc) is 3.43. The molecule has 1 fully saturated rings. The van der Waals surface area contributed by atoms with Gasteiger partial charge < -0.3 is 14.4 Å². The van der Waals surface area contributed by atoms with Crippen molar-refractivity contribution in [2.45, 2.75) is 37.7 Å². The quantitative estimate of drug-likeness (QED) is 0.563. The third-order valence-corrected chi connectivity index (χ3v) is 5.86. The first-order chi connectivity index (χ1) is 13.6. The van der Waals surface area contributed by atoms with Crippen LogP contribution in [0.5, 0.6) is 0 Å². The molecule has 1 saturated carbocycles. The number of furan rings is 1. The molecule has 0 bridgehead atoms. The number of imidazole rings is 1. The molecule has 0 spiro atoms. The highest BCUT2D eigenvalue weighted by atomic mass is 16.3. The molecule has 0 atom stereocenters. The van der Waals surface area contributed by atoms with Crippen molar-refractivity contribution >= 4 is 22.4 Å². The van der Waals surface area contributed by atoms with Crippen molar-refractivity contribution in [1.29, 1.82) is 0 Å². The molecule has 28 heavy (non-hydrogen) atoms. The fourth-order valence-corrected chi connectivity index (χ4v) is 4.12. The van der Waals surface area contributed by atoms with Crippen LogP contribution in [0.1, 0.15) is 32.1 Å². The van der Waals surface area contributed by atoms with Gasteiger partial charge >= 0.3 is 0 Å². The van der Waals surface area contributed by atoms with Crippen LogP contribution in [0.25, 0.3) is 28.1 Å². The Morgan fingerprint density at radius 1 is 1.18 bits per heavy atom. The summed E-state index contributed by atoms with van der Waals surface area (Å²) in [5.41, 5.74) is 1.95. The third-order valence-electron chi connectivity index (χ3n) is 5.86. The Morgan fingerprint density at radius 3 is 2.82 bits per heavy atom. The highest BCUT2D eigenvalue weighted by molar-refractivity contribution is 5.82. The van der Waals surface area contributed by atoms with Gasteiger partial charge in [-0.2, -0.15) is 0 Å². The summed E-state index contributed by atoms with van der Waals surface area (Å²) >= 11 is 0. The predicted molar refractivity (Wildman–Crippen MR) is 109 cm³/mol. The molecule has 4 aromatic rings. The minimum absolute atomic E-state index is 0.507. The lowest BCUT2D eigenvalue weighted by molar-refractivity contribution is 0.0410. The molecular weight excluding hydrogens is 352 g/mol. The highest BCUT2D eigenvalue weighted by Gasteiger charge is 2.31. The maximum atomic E-state index is 10.6. The third kappa shape index (κ3) is 3.03. The van der Waals surface area contributed by atoms with E-state index in [4.69, 9.17) is 9.52 Å². The van der Waals surface area contributed by atoms with Gasteiger partial charge in [-0.05, 0) is 43.5 Å². The summed E-state index contributed by atoms with van der Waals surface area (Å²) in [6, 6.07) is 13.9. The second-order valence-electron chi connectivity index (χ2n) is 7.86. The molecule has 1 aliphatic rings. The molecule has 3 aromatic heterocycles. The molecule has 6 nitrogen and oxygen atoms in total. The fourth-order valence-electron chi connectivity index (χ4n) is 4.12. The Hall–Kier alpha value is -2.86. The Balaban J connectivity index is 1.44. The minimum atomic E-state index is -0.507. The molecule has 0 radical (unpaired) electrons. The zero-order chi connectivity index (χ0) is 19.1. The van der Waals surface area contributed by atoms with Crippen LogP contribution >= 0.6 is 0 Å². The number of fused-ring (bicyclic) bond motifs is 2. The highest BCUT2D eigenvalue weighted by Crippen LogP contribution is 2.33. The van der Waals surface area contributed by atoms with E-state index >= 15 is 0 Å². The van der Waals surface area contributed by atoms with Gasteiger partial charge in [-0.15, -0.1) is 5.10 Å². The van der Waals surface area contributed by atoms with Crippen LogP contribution < -0.4 is 4.90 Å². The molecule has 144 valence electrons.